The molecule has 1 unspecified atom stereocenters. The summed E-state index contributed by atoms with van der Waals surface area (Å²) >= 11 is 5.98. The second-order valence-electron chi connectivity index (χ2n) is 4.74. The van der Waals surface area contributed by atoms with Gasteiger partial charge in [-0.05, 0) is 32.3 Å². The van der Waals surface area contributed by atoms with Crippen molar-refractivity contribution in [2.24, 2.45) is 0 Å². The molecule has 0 bridgehead atoms. The summed E-state index contributed by atoms with van der Waals surface area (Å²) in [5.41, 5.74) is -0.0122. The summed E-state index contributed by atoms with van der Waals surface area (Å²) in [4.78, 5) is 24.4. The highest BCUT2D eigenvalue weighted by Crippen LogP contribution is 2.30. The van der Waals surface area contributed by atoms with Gasteiger partial charge < -0.3 is 4.90 Å². The molecule has 1 aliphatic rings. The van der Waals surface area contributed by atoms with Crippen LogP contribution < -0.4 is 0 Å². The third-order valence-corrected chi connectivity index (χ3v) is 3.87. The van der Waals surface area contributed by atoms with Crippen LogP contribution in [0.3, 0.4) is 0 Å². The molecular weight excluding hydrogens is 268 g/mol. The van der Waals surface area contributed by atoms with E-state index in [1.165, 1.54) is 12.1 Å². The number of rotatable bonds is 2. The van der Waals surface area contributed by atoms with E-state index in [9.17, 15) is 14.9 Å². The molecule has 1 aromatic carbocycles. The molecule has 102 valence electrons. The maximum absolute atomic E-state index is 12.4. The molecule has 2 rings (SSSR count). The number of amides is 1. The van der Waals surface area contributed by atoms with Gasteiger partial charge in [-0.15, -0.1) is 0 Å². The number of halogens is 1. The normalized spacial score (nSPS) is 19.3. The number of hydrogen-bond donors (Lipinski definition) is 0. The van der Waals surface area contributed by atoms with Crippen LogP contribution in [0.15, 0.2) is 18.2 Å². The van der Waals surface area contributed by atoms with E-state index in [1.807, 2.05) is 6.92 Å². The van der Waals surface area contributed by atoms with Crippen LogP contribution >= 0.6 is 11.6 Å². The van der Waals surface area contributed by atoms with Crippen LogP contribution in [0.4, 0.5) is 5.69 Å². The van der Waals surface area contributed by atoms with Gasteiger partial charge in [0.25, 0.3) is 11.6 Å². The quantitative estimate of drug-likeness (QED) is 0.618. The molecule has 0 saturated carbocycles. The largest absolute Gasteiger partial charge is 0.336 e. The number of piperidine rings is 1. The number of benzene rings is 1. The van der Waals surface area contributed by atoms with Crippen molar-refractivity contribution in [3.8, 4) is 0 Å². The van der Waals surface area contributed by atoms with Crippen LogP contribution in [0.1, 0.15) is 36.5 Å². The standard InChI is InChI=1S/C13H15ClN2O3/c1-9-5-2-3-8-15(9)13(17)10-6-4-7-11(12(10)14)16(18)19/h4,6-7,9H,2-3,5,8H2,1H3. The number of carbonyl (C=O) groups is 1. The molecule has 0 aliphatic carbocycles. The SMILES string of the molecule is CC1CCCCN1C(=O)c1cccc([N+](=O)[O-])c1Cl. The van der Waals surface area contributed by atoms with Crippen molar-refractivity contribution >= 4 is 23.2 Å². The predicted octanol–water partition coefficient (Wildman–Crippen LogP) is 3.26. The fourth-order valence-electron chi connectivity index (χ4n) is 2.38. The summed E-state index contributed by atoms with van der Waals surface area (Å²) in [7, 11) is 0. The van der Waals surface area contributed by atoms with E-state index in [0.717, 1.165) is 19.3 Å². The molecule has 5 nitrogen and oxygen atoms in total. The Balaban J connectivity index is 2.33. The number of nitro groups is 1. The van der Waals surface area contributed by atoms with Crippen LogP contribution in [-0.2, 0) is 0 Å². The average Bonchev–Trinajstić information content (AvgIpc) is 2.38. The van der Waals surface area contributed by atoms with Gasteiger partial charge in [0.05, 0.1) is 10.5 Å². The molecule has 0 radical (unpaired) electrons. The summed E-state index contributed by atoms with van der Waals surface area (Å²) in [5.74, 6) is -0.221. The van der Waals surface area contributed by atoms with E-state index >= 15 is 0 Å². The second-order valence-corrected chi connectivity index (χ2v) is 5.12. The van der Waals surface area contributed by atoms with Gasteiger partial charge in [-0.2, -0.15) is 0 Å². The lowest BCUT2D eigenvalue weighted by Gasteiger charge is -2.33. The van der Waals surface area contributed by atoms with E-state index < -0.39 is 4.92 Å². The van der Waals surface area contributed by atoms with Crippen molar-refractivity contribution in [2.45, 2.75) is 32.2 Å². The maximum atomic E-state index is 12.4. The highest BCUT2D eigenvalue weighted by atomic mass is 35.5. The van der Waals surface area contributed by atoms with Crippen LogP contribution in [-0.4, -0.2) is 28.3 Å². The number of hydrogen-bond acceptors (Lipinski definition) is 3. The smallest absolute Gasteiger partial charge is 0.288 e. The topological polar surface area (TPSA) is 63.5 Å². The lowest BCUT2D eigenvalue weighted by Crippen LogP contribution is -2.42. The van der Waals surface area contributed by atoms with Crippen LogP contribution in [0, 0.1) is 10.1 Å². The van der Waals surface area contributed by atoms with E-state index in [2.05, 4.69) is 0 Å². The molecule has 1 aromatic rings. The van der Waals surface area contributed by atoms with E-state index in [0.29, 0.717) is 6.54 Å². The molecule has 1 heterocycles. The van der Waals surface area contributed by atoms with Crippen molar-refractivity contribution in [3.05, 3.63) is 38.9 Å². The molecule has 19 heavy (non-hydrogen) atoms. The number of nitrogens with zero attached hydrogens (tertiary/aromatic N) is 2. The monoisotopic (exact) mass is 282 g/mol. The minimum atomic E-state index is -0.571. The first kappa shape index (κ1) is 13.8. The summed E-state index contributed by atoms with van der Waals surface area (Å²) in [6.45, 7) is 2.67. The average molecular weight is 283 g/mol. The summed E-state index contributed by atoms with van der Waals surface area (Å²) in [6, 6.07) is 4.49. The van der Waals surface area contributed by atoms with Gasteiger partial charge in [0.15, 0.2) is 0 Å². The van der Waals surface area contributed by atoms with E-state index in [1.54, 1.807) is 11.0 Å². The number of likely N-dealkylation sites (tertiary alicyclic amines) is 1. The van der Waals surface area contributed by atoms with Gasteiger partial charge >= 0.3 is 0 Å². The van der Waals surface area contributed by atoms with E-state index in [-0.39, 0.29) is 28.2 Å². The molecule has 1 atom stereocenters. The van der Waals surface area contributed by atoms with E-state index in [4.69, 9.17) is 11.6 Å². The Hall–Kier alpha value is -1.62. The third-order valence-electron chi connectivity index (χ3n) is 3.47. The Bertz CT molecular complexity index is 519. The summed E-state index contributed by atoms with van der Waals surface area (Å²) < 4.78 is 0. The first-order valence-electron chi connectivity index (χ1n) is 6.26. The fourth-order valence-corrected chi connectivity index (χ4v) is 2.66. The second kappa shape index (κ2) is 5.57. The number of nitro benzene ring substituents is 1. The molecule has 1 amide bonds. The Kier molecular flexibility index (Phi) is 4.04. The Labute approximate surface area is 116 Å². The highest BCUT2D eigenvalue weighted by molar-refractivity contribution is 6.35. The first-order valence-corrected chi connectivity index (χ1v) is 6.64. The zero-order valence-electron chi connectivity index (χ0n) is 10.6. The van der Waals surface area contributed by atoms with Crippen LogP contribution in [0.25, 0.3) is 0 Å². The van der Waals surface area contributed by atoms with Crippen molar-refractivity contribution in [2.75, 3.05) is 6.54 Å². The van der Waals surface area contributed by atoms with Crippen molar-refractivity contribution in [3.63, 3.8) is 0 Å². The maximum Gasteiger partial charge on any atom is 0.288 e. The fraction of sp³-hybridized carbons (Fsp3) is 0.462. The summed E-state index contributed by atoms with van der Waals surface area (Å²) in [6.07, 6.45) is 3.02. The van der Waals surface area contributed by atoms with Gasteiger partial charge in [0, 0.05) is 18.7 Å². The molecule has 0 N–H and O–H groups in total. The van der Waals surface area contributed by atoms with Crippen molar-refractivity contribution < 1.29 is 9.72 Å². The molecule has 1 saturated heterocycles. The van der Waals surface area contributed by atoms with Crippen LogP contribution in [0.5, 0.6) is 0 Å². The minimum Gasteiger partial charge on any atom is -0.336 e. The van der Waals surface area contributed by atoms with Crippen LogP contribution in [0.2, 0.25) is 5.02 Å². The summed E-state index contributed by atoms with van der Waals surface area (Å²) in [5, 5.41) is 10.8. The van der Waals surface area contributed by atoms with Gasteiger partial charge in [-0.3, -0.25) is 14.9 Å². The molecule has 1 fully saturated rings. The van der Waals surface area contributed by atoms with Gasteiger partial charge in [-0.1, -0.05) is 17.7 Å². The van der Waals surface area contributed by atoms with Gasteiger partial charge in [0.1, 0.15) is 5.02 Å². The van der Waals surface area contributed by atoms with Gasteiger partial charge in [-0.25, -0.2) is 0 Å². The lowest BCUT2D eigenvalue weighted by atomic mass is 10.0. The minimum absolute atomic E-state index is 0.0738. The number of carbonyl (C=O) groups excluding carboxylic acids is 1. The van der Waals surface area contributed by atoms with Crippen molar-refractivity contribution in [1.29, 1.82) is 0 Å². The third kappa shape index (κ3) is 2.71. The molecule has 6 heteroatoms. The Morgan fingerprint density at radius 1 is 1.47 bits per heavy atom. The highest BCUT2D eigenvalue weighted by Gasteiger charge is 2.28. The molecular formula is C13H15ClN2O3. The first-order chi connectivity index (χ1) is 9.02. The zero-order valence-corrected chi connectivity index (χ0v) is 11.4. The molecule has 0 aromatic heterocycles. The molecule has 0 spiro atoms. The van der Waals surface area contributed by atoms with Crippen molar-refractivity contribution in [1.82, 2.24) is 4.90 Å². The Morgan fingerprint density at radius 3 is 2.84 bits per heavy atom. The predicted molar refractivity (Wildman–Crippen MR) is 72.5 cm³/mol. The zero-order chi connectivity index (χ0) is 14.0. The lowest BCUT2D eigenvalue weighted by molar-refractivity contribution is -0.384. The van der Waals surface area contributed by atoms with Gasteiger partial charge in [0.2, 0.25) is 0 Å². The molecule has 1 aliphatic heterocycles. The Morgan fingerprint density at radius 2 is 2.21 bits per heavy atom.